The van der Waals surface area contributed by atoms with Crippen LogP contribution in [-0.2, 0) is 20.9 Å². The molecule has 0 bridgehead atoms. The molecule has 1 aromatic carbocycles. The number of benzene rings is 1. The largest absolute Gasteiger partial charge is 0.391 e. The first-order chi connectivity index (χ1) is 14.7. The molecule has 0 saturated carbocycles. The number of nitrogens with zero attached hydrogens (tertiary/aromatic N) is 2. The number of aliphatic hydroxyl groups is 1. The number of carbonyl (C=O) groups is 3. The minimum Gasteiger partial charge on any atom is -0.391 e. The summed E-state index contributed by atoms with van der Waals surface area (Å²) in [4.78, 5) is 43.6. The number of aliphatic hydroxyl groups excluding tert-OH is 1. The minimum atomic E-state index is -0.769. The summed E-state index contributed by atoms with van der Waals surface area (Å²) in [5.74, 6) is -1.03. The second kappa shape index (κ2) is 9.57. The molecule has 0 aliphatic carbocycles. The Morgan fingerprint density at radius 3 is 2.52 bits per heavy atom. The predicted molar refractivity (Wildman–Crippen MR) is 118 cm³/mol. The van der Waals surface area contributed by atoms with E-state index < -0.39 is 18.2 Å². The third-order valence-corrected chi connectivity index (χ3v) is 6.36. The average Bonchev–Trinajstić information content (AvgIpc) is 3.27. The van der Waals surface area contributed by atoms with Gasteiger partial charge >= 0.3 is 0 Å². The normalized spacial score (nSPS) is 19.2. The number of aromatic nitrogens is 1. The summed E-state index contributed by atoms with van der Waals surface area (Å²) in [6.45, 7) is 7.25. The summed E-state index contributed by atoms with van der Waals surface area (Å²) in [5, 5.41) is 16.4. The molecule has 3 amide bonds. The molecule has 1 aliphatic heterocycles. The van der Waals surface area contributed by atoms with Gasteiger partial charge in [-0.2, -0.15) is 0 Å². The van der Waals surface area contributed by atoms with Gasteiger partial charge < -0.3 is 20.6 Å². The second-order valence-electron chi connectivity index (χ2n) is 7.88. The molecule has 8 nitrogen and oxygen atoms in total. The van der Waals surface area contributed by atoms with Gasteiger partial charge in [0.2, 0.25) is 17.7 Å². The predicted octanol–water partition coefficient (Wildman–Crippen LogP) is 1.53. The third kappa shape index (κ3) is 5.48. The minimum absolute atomic E-state index is 0.0726. The Morgan fingerprint density at radius 1 is 1.26 bits per heavy atom. The maximum absolute atomic E-state index is 12.7. The van der Waals surface area contributed by atoms with E-state index >= 15 is 0 Å². The van der Waals surface area contributed by atoms with Gasteiger partial charge in [0, 0.05) is 26.4 Å². The molecule has 1 aliphatic rings. The molecule has 9 heteroatoms. The number of carbonyl (C=O) groups excluding carboxylic acids is 3. The number of hydrogen-bond acceptors (Lipinski definition) is 6. The fraction of sp³-hybridized carbons (Fsp3) is 0.455. The quantitative estimate of drug-likeness (QED) is 0.626. The summed E-state index contributed by atoms with van der Waals surface area (Å²) in [7, 11) is 0. The van der Waals surface area contributed by atoms with Crippen molar-refractivity contribution in [1.82, 2.24) is 20.5 Å². The zero-order chi connectivity index (χ0) is 22.7. The van der Waals surface area contributed by atoms with Crippen molar-refractivity contribution >= 4 is 29.1 Å². The van der Waals surface area contributed by atoms with E-state index in [9.17, 15) is 19.5 Å². The highest BCUT2D eigenvalue weighted by Gasteiger charge is 2.40. The van der Waals surface area contributed by atoms with Gasteiger partial charge in [0.25, 0.3) is 0 Å². The van der Waals surface area contributed by atoms with Gasteiger partial charge in [-0.05, 0) is 31.9 Å². The van der Waals surface area contributed by atoms with Crippen LogP contribution in [0.4, 0.5) is 0 Å². The molecule has 3 N–H and O–H groups in total. The van der Waals surface area contributed by atoms with Crippen molar-refractivity contribution < 1.29 is 19.5 Å². The van der Waals surface area contributed by atoms with Gasteiger partial charge in [-0.15, -0.1) is 11.3 Å². The molecule has 0 spiro atoms. The first-order valence-corrected chi connectivity index (χ1v) is 11.0. The Bertz CT molecular complexity index is 972. The monoisotopic (exact) mass is 444 g/mol. The number of rotatable bonds is 6. The number of likely N-dealkylation sites (tertiary alicyclic amines) is 1. The number of hydrogen-bond donors (Lipinski definition) is 3. The highest BCUT2D eigenvalue weighted by atomic mass is 32.1. The van der Waals surface area contributed by atoms with Crippen molar-refractivity contribution in [2.24, 2.45) is 0 Å². The van der Waals surface area contributed by atoms with Gasteiger partial charge in [-0.25, -0.2) is 4.98 Å². The Morgan fingerprint density at radius 2 is 1.94 bits per heavy atom. The first-order valence-electron chi connectivity index (χ1n) is 10.2. The van der Waals surface area contributed by atoms with E-state index in [1.807, 2.05) is 38.1 Å². The van der Waals surface area contributed by atoms with Crippen LogP contribution in [0.2, 0.25) is 0 Å². The standard InChI is InChI=1S/C22H28N4O4S/c1-12-20(31-15(4)25-12)17-7-5-16(6-8-17)10-23-21(29)19-9-18(28)11-26(19)22(30)13(2)24-14(3)27/h5-8,13,18-19,28H,9-11H2,1-4H3,(H,23,29)(H,24,27)/t13?,18-,19+/m1/s1. The molecule has 0 radical (unpaired) electrons. The van der Waals surface area contributed by atoms with Crippen LogP contribution in [-0.4, -0.2) is 57.4 Å². The van der Waals surface area contributed by atoms with E-state index in [2.05, 4.69) is 15.6 Å². The van der Waals surface area contributed by atoms with Crippen LogP contribution in [0.5, 0.6) is 0 Å². The molecule has 3 atom stereocenters. The lowest BCUT2D eigenvalue weighted by molar-refractivity contribution is -0.141. The van der Waals surface area contributed by atoms with Crippen LogP contribution in [0.3, 0.4) is 0 Å². The van der Waals surface area contributed by atoms with Gasteiger partial charge in [0.15, 0.2) is 0 Å². The number of nitrogens with one attached hydrogen (secondary N) is 2. The molecule has 1 aromatic heterocycles. The SMILES string of the molecule is CC(=O)NC(C)C(=O)N1C[C@H](O)C[C@H]1C(=O)NCc1ccc(-c2sc(C)nc2C)cc1. The maximum Gasteiger partial charge on any atom is 0.245 e. The zero-order valence-electron chi connectivity index (χ0n) is 18.1. The van der Waals surface area contributed by atoms with Crippen LogP contribution >= 0.6 is 11.3 Å². The lowest BCUT2D eigenvalue weighted by atomic mass is 10.1. The van der Waals surface area contributed by atoms with Crippen molar-refractivity contribution in [2.45, 2.75) is 58.8 Å². The van der Waals surface area contributed by atoms with Crippen LogP contribution in [0, 0.1) is 13.8 Å². The molecule has 1 unspecified atom stereocenters. The second-order valence-corrected chi connectivity index (χ2v) is 9.08. The molecule has 166 valence electrons. The fourth-order valence-corrected chi connectivity index (χ4v) is 4.73. The summed E-state index contributed by atoms with van der Waals surface area (Å²) in [6.07, 6.45) is -0.595. The van der Waals surface area contributed by atoms with E-state index in [1.165, 1.54) is 11.8 Å². The van der Waals surface area contributed by atoms with Crippen LogP contribution in [0.25, 0.3) is 10.4 Å². The van der Waals surface area contributed by atoms with E-state index in [-0.39, 0.29) is 30.7 Å². The van der Waals surface area contributed by atoms with Crippen molar-refractivity contribution in [2.75, 3.05) is 6.54 Å². The fourth-order valence-electron chi connectivity index (χ4n) is 3.80. The van der Waals surface area contributed by atoms with E-state index in [4.69, 9.17) is 0 Å². The first kappa shape index (κ1) is 22.9. The molecule has 2 heterocycles. The van der Waals surface area contributed by atoms with Crippen molar-refractivity contribution in [3.8, 4) is 10.4 Å². The molecule has 1 fully saturated rings. The summed E-state index contributed by atoms with van der Waals surface area (Å²) >= 11 is 1.65. The molecule has 1 saturated heterocycles. The van der Waals surface area contributed by atoms with E-state index in [0.29, 0.717) is 6.54 Å². The summed E-state index contributed by atoms with van der Waals surface area (Å²) in [6, 6.07) is 6.40. The van der Waals surface area contributed by atoms with Gasteiger partial charge in [-0.3, -0.25) is 14.4 Å². The number of β-amino-alcohol motifs (C(OH)–C–C–N with tert-alkyl or cyclic N) is 1. The summed E-state index contributed by atoms with van der Waals surface area (Å²) in [5.41, 5.74) is 3.02. The smallest absolute Gasteiger partial charge is 0.245 e. The average molecular weight is 445 g/mol. The Balaban J connectivity index is 1.62. The molecule has 3 rings (SSSR count). The number of amides is 3. The zero-order valence-corrected chi connectivity index (χ0v) is 19.0. The highest BCUT2D eigenvalue weighted by Crippen LogP contribution is 2.29. The van der Waals surface area contributed by atoms with Crippen LogP contribution < -0.4 is 10.6 Å². The van der Waals surface area contributed by atoms with Crippen molar-refractivity contribution in [1.29, 1.82) is 0 Å². The molecular weight excluding hydrogens is 416 g/mol. The number of thiazole rings is 1. The highest BCUT2D eigenvalue weighted by molar-refractivity contribution is 7.15. The van der Waals surface area contributed by atoms with E-state index in [1.54, 1.807) is 18.3 Å². The van der Waals surface area contributed by atoms with Crippen LogP contribution in [0.15, 0.2) is 24.3 Å². The molecular formula is C22H28N4O4S. The van der Waals surface area contributed by atoms with Crippen molar-refractivity contribution in [3.63, 3.8) is 0 Å². The van der Waals surface area contributed by atoms with E-state index in [0.717, 1.165) is 26.7 Å². The van der Waals surface area contributed by atoms with Gasteiger partial charge in [0.05, 0.1) is 21.7 Å². The Kier molecular flexibility index (Phi) is 7.07. The lowest BCUT2D eigenvalue weighted by Gasteiger charge is -2.26. The lowest BCUT2D eigenvalue weighted by Crippen LogP contribution is -2.52. The number of aryl methyl sites for hydroxylation is 2. The molecule has 2 aromatic rings. The van der Waals surface area contributed by atoms with Crippen LogP contribution in [0.1, 0.15) is 36.5 Å². The van der Waals surface area contributed by atoms with Crippen molar-refractivity contribution in [3.05, 3.63) is 40.5 Å². The summed E-state index contributed by atoms with van der Waals surface area (Å²) < 4.78 is 0. The maximum atomic E-state index is 12.7. The Labute approximate surface area is 185 Å². The topological polar surface area (TPSA) is 112 Å². The van der Waals surface area contributed by atoms with Gasteiger partial charge in [-0.1, -0.05) is 24.3 Å². The van der Waals surface area contributed by atoms with Gasteiger partial charge in [0.1, 0.15) is 12.1 Å². The molecule has 31 heavy (non-hydrogen) atoms. The Hall–Kier alpha value is -2.78. The third-order valence-electron chi connectivity index (χ3n) is 5.24.